The van der Waals surface area contributed by atoms with Crippen LogP contribution < -0.4 is 10.6 Å². The van der Waals surface area contributed by atoms with E-state index in [0.717, 1.165) is 16.9 Å². The van der Waals surface area contributed by atoms with Crippen molar-refractivity contribution in [3.63, 3.8) is 0 Å². The first-order valence-electron chi connectivity index (χ1n) is 6.63. The van der Waals surface area contributed by atoms with Crippen molar-refractivity contribution in [1.82, 2.24) is 0 Å². The maximum Gasteiger partial charge on any atom is 0.0588 e. The summed E-state index contributed by atoms with van der Waals surface area (Å²) in [6.45, 7) is 1.06. The quantitative estimate of drug-likeness (QED) is 0.810. The molecule has 0 amide bonds. The molecule has 1 aromatic rings. The highest BCUT2D eigenvalue weighted by molar-refractivity contribution is 9.10. The van der Waals surface area contributed by atoms with Crippen LogP contribution in [0.4, 0.5) is 11.4 Å². The van der Waals surface area contributed by atoms with Crippen molar-refractivity contribution in [1.29, 1.82) is 0 Å². The summed E-state index contributed by atoms with van der Waals surface area (Å²) in [5.74, 6) is 0.855. The average Bonchev–Trinajstić information content (AvgIpc) is 2.39. The highest BCUT2D eigenvalue weighted by Gasteiger charge is 2.26. The second kappa shape index (κ2) is 4.89. The molecule has 0 spiro atoms. The summed E-state index contributed by atoms with van der Waals surface area (Å²) in [5, 5.41) is 7.27. The van der Waals surface area contributed by atoms with E-state index >= 15 is 0 Å². The first-order valence-corrected chi connectivity index (χ1v) is 7.42. The molecule has 1 heterocycles. The maximum atomic E-state index is 3.71. The summed E-state index contributed by atoms with van der Waals surface area (Å²) in [4.78, 5) is 0. The normalized spacial score (nSPS) is 24.6. The van der Waals surface area contributed by atoms with Gasteiger partial charge in [0.05, 0.1) is 11.4 Å². The molecule has 1 aliphatic carbocycles. The molecule has 3 rings (SSSR count). The number of fused-ring (bicyclic) bond motifs is 1. The molecule has 0 saturated heterocycles. The fraction of sp³-hybridized carbons (Fsp3) is 0.571. The number of benzene rings is 1. The van der Waals surface area contributed by atoms with E-state index in [-0.39, 0.29) is 0 Å². The lowest BCUT2D eigenvalue weighted by Gasteiger charge is -2.36. The Morgan fingerprint density at radius 2 is 1.88 bits per heavy atom. The van der Waals surface area contributed by atoms with E-state index < -0.39 is 0 Å². The van der Waals surface area contributed by atoms with Gasteiger partial charge in [-0.3, -0.25) is 0 Å². The minimum Gasteiger partial charge on any atom is -0.381 e. The lowest BCUT2D eigenvalue weighted by molar-refractivity contribution is 0.322. The largest absolute Gasteiger partial charge is 0.381 e. The van der Waals surface area contributed by atoms with Gasteiger partial charge in [0.15, 0.2) is 0 Å². The molecule has 0 bridgehead atoms. The third-order valence-corrected chi connectivity index (χ3v) is 4.55. The molecule has 1 fully saturated rings. The molecule has 17 heavy (non-hydrogen) atoms. The lowest BCUT2D eigenvalue weighted by atomic mass is 9.83. The molecule has 1 unspecified atom stereocenters. The summed E-state index contributed by atoms with van der Waals surface area (Å²) in [6.07, 6.45) is 7.04. The van der Waals surface area contributed by atoms with Gasteiger partial charge in [0.2, 0.25) is 0 Å². The van der Waals surface area contributed by atoms with Gasteiger partial charge in [-0.05, 0) is 37.0 Å². The van der Waals surface area contributed by atoms with Gasteiger partial charge in [-0.2, -0.15) is 0 Å². The number of rotatable bonds is 1. The van der Waals surface area contributed by atoms with Crippen LogP contribution in [0.15, 0.2) is 22.7 Å². The van der Waals surface area contributed by atoms with Crippen LogP contribution in [0.1, 0.15) is 32.1 Å². The zero-order valence-corrected chi connectivity index (χ0v) is 11.6. The number of halogens is 1. The molecular formula is C14H19BrN2. The minimum atomic E-state index is 0.615. The smallest absolute Gasteiger partial charge is 0.0588 e. The van der Waals surface area contributed by atoms with Crippen LogP contribution in [-0.2, 0) is 0 Å². The van der Waals surface area contributed by atoms with E-state index in [4.69, 9.17) is 0 Å². The highest BCUT2D eigenvalue weighted by Crippen LogP contribution is 2.34. The Morgan fingerprint density at radius 3 is 2.71 bits per heavy atom. The Bertz CT molecular complexity index is 399. The van der Waals surface area contributed by atoms with Crippen molar-refractivity contribution in [3.05, 3.63) is 22.7 Å². The van der Waals surface area contributed by atoms with Crippen molar-refractivity contribution in [2.45, 2.75) is 38.1 Å². The van der Waals surface area contributed by atoms with E-state index in [0.29, 0.717) is 6.04 Å². The van der Waals surface area contributed by atoms with E-state index in [1.165, 1.54) is 43.5 Å². The van der Waals surface area contributed by atoms with Crippen molar-refractivity contribution in [3.8, 4) is 0 Å². The first kappa shape index (κ1) is 11.4. The molecule has 2 N–H and O–H groups in total. The topological polar surface area (TPSA) is 24.1 Å². The molecule has 1 atom stereocenters. The third-order valence-electron chi connectivity index (χ3n) is 4.05. The Labute approximate surface area is 111 Å². The van der Waals surface area contributed by atoms with Gasteiger partial charge in [0.1, 0.15) is 0 Å². The molecule has 0 aromatic heterocycles. The molecule has 92 valence electrons. The number of anilines is 2. The van der Waals surface area contributed by atoms with Gasteiger partial charge < -0.3 is 10.6 Å². The van der Waals surface area contributed by atoms with Crippen molar-refractivity contribution in [2.24, 2.45) is 5.92 Å². The van der Waals surface area contributed by atoms with Crippen molar-refractivity contribution < 1.29 is 0 Å². The van der Waals surface area contributed by atoms with Crippen molar-refractivity contribution >= 4 is 27.3 Å². The highest BCUT2D eigenvalue weighted by atomic mass is 79.9. The first-order chi connectivity index (χ1) is 8.33. The second-order valence-electron chi connectivity index (χ2n) is 5.22. The molecule has 1 saturated carbocycles. The molecule has 1 aromatic carbocycles. The van der Waals surface area contributed by atoms with Gasteiger partial charge in [0.25, 0.3) is 0 Å². The predicted molar refractivity (Wildman–Crippen MR) is 76.6 cm³/mol. The Morgan fingerprint density at radius 1 is 1.06 bits per heavy atom. The summed E-state index contributed by atoms with van der Waals surface area (Å²) < 4.78 is 1.14. The van der Waals surface area contributed by atoms with Crippen LogP contribution in [0.25, 0.3) is 0 Å². The summed E-state index contributed by atoms with van der Waals surface area (Å²) in [5.41, 5.74) is 2.49. The number of hydrogen-bond donors (Lipinski definition) is 2. The van der Waals surface area contributed by atoms with Crippen LogP contribution in [0, 0.1) is 5.92 Å². The minimum absolute atomic E-state index is 0.615. The van der Waals surface area contributed by atoms with E-state index in [2.05, 4.69) is 44.8 Å². The fourth-order valence-electron chi connectivity index (χ4n) is 3.08. The predicted octanol–water partition coefficient (Wildman–Crippen LogP) is 4.24. The molecule has 2 nitrogen and oxygen atoms in total. The Balaban J connectivity index is 1.73. The maximum absolute atomic E-state index is 3.71. The van der Waals surface area contributed by atoms with Gasteiger partial charge in [-0.15, -0.1) is 0 Å². The second-order valence-corrected chi connectivity index (χ2v) is 6.14. The fourth-order valence-corrected chi connectivity index (χ4v) is 3.44. The number of hydrogen-bond acceptors (Lipinski definition) is 2. The molecular weight excluding hydrogens is 276 g/mol. The zero-order valence-electron chi connectivity index (χ0n) is 10.0. The van der Waals surface area contributed by atoms with Gasteiger partial charge >= 0.3 is 0 Å². The van der Waals surface area contributed by atoms with E-state index in [1.54, 1.807) is 0 Å². The standard InChI is InChI=1S/C14H19BrN2/c15-11-6-7-12-13(8-11)16-9-14(17-12)10-4-2-1-3-5-10/h6-8,10,14,16-17H,1-5,9H2. The monoisotopic (exact) mass is 294 g/mol. The SMILES string of the molecule is Brc1ccc2c(c1)NCC(C1CCCCC1)N2. The average molecular weight is 295 g/mol. The van der Waals surface area contributed by atoms with Gasteiger partial charge in [0, 0.05) is 17.1 Å². The Kier molecular flexibility index (Phi) is 3.28. The van der Waals surface area contributed by atoms with E-state index in [9.17, 15) is 0 Å². The van der Waals surface area contributed by atoms with Crippen LogP contribution in [-0.4, -0.2) is 12.6 Å². The number of nitrogens with one attached hydrogen (secondary N) is 2. The van der Waals surface area contributed by atoms with Crippen LogP contribution in [0.2, 0.25) is 0 Å². The van der Waals surface area contributed by atoms with Crippen LogP contribution >= 0.6 is 15.9 Å². The molecule has 2 aliphatic rings. The van der Waals surface area contributed by atoms with Gasteiger partial charge in [-0.25, -0.2) is 0 Å². The van der Waals surface area contributed by atoms with Crippen LogP contribution in [0.5, 0.6) is 0 Å². The molecule has 0 radical (unpaired) electrons. The zero-order chi connectivity index (χ0) is 11.7. The van der Waals surface area contributed by atoms with Crippen LogP contribution in [0.3, 0.4) is 0 Å². The van der Waals surface area contributed by atoms with Gasteiger partial charge in [-0.1, -0.05) is 35.2 Å². The summed E-state index contributed by atoms with van der Waals surface area (Å²) in [6, 6.07) is 7.04. The Hall–Kier alpha value is -0.700. The van der Waals surface area contributed by atoms with E-state index in [1.807, 2.05) is 0 Å². The summed E-state index contributed by atoms with van der Waals surface area (Å²) >= 11 is 3.51. The lowest BCUT2D eigenvalue weighted by Crippen LogP contribution is -2.39. The summed E-state index contributed by atoms with van der Waals surface area (Å²) in [7, 11) is 0. The molecule has 1 aliphatic heterocycles. The third kappa shape index (κ3) is 2.44. The molecule has 3 heteroatoms. The van der Waals surface area contributed by atoms with Crippen molar-refractivity contribution in [2.75, 3.05) is 17.2 Å².